The molecule has 3 aromatic carbocycles. The first-order valence-electron chi connectivity index (χ1n) is 9.38. The summed E-state index contributed by atoms with van der Waals surface area (Å²) in [7, 11) is 1.63. The van der Waals surface area contributed by atoms with Crippen LogP contribution in [-0.2, 0) is 0 Å². The van der Waals surface area contributed by atoms with E-state index in [0.29, 0.717) is 23.3 Å². The normalized spacial score (nSPS) is 10.8. The molecule has 0 amide bonds. The third kappa shape index (κ3) is 3.33. The molecule has 2 aromatic heterocycles. The van der Waals surface area contributed by atoms with Gasteiger partial charge in [0, 0.05) is 10.9 Å². The topological polar surface area (TPSA) is 86.0 Å². The lowest BCUT2D eigenvalue weighted by molar-refractivity contribution is 0.417. The summed E-state index contributed by atoms with van der Waals surface area (Å²) < 4.78 is 11.3. The molecule has 0 spiro atoms. The van der Waals surface area contributed by atoms with Crippen LogP contribution in [0.25, 0.3) is 34.1 Å². The lowest BCUT2D eigenvalue weighted by Gasteiger charge is -2.12. The maximum absolute atomic E-state index is 5.86. The number of nitrogens with one attached hydrogen (secondary N) is 1. The minimum atomic E-state index is 0.252. The fraction of sp³-hybridized carbons (Fsp3) is 0.0435. The number of ether oxygens (including phenoxy) is 1. The summed E-state index contributed by atoms with van der Waals surface area (Å²) >= 11 is 0. The zero-order chi connectivity index (χ0) is 20.3. The van der Waals surface area contributed by atoms with Crippen LogP contribution in [0, 0.1) is 0 Å². The van der Waals surface area contributed by atoms with Crippen LogP contribution in [-0.4, -0.2) is 27.3 Å². The Labute approximate surface area is 172 Å². The lowest BCUT2D eigenvalue weighted by atomic mass is 10.2. The van der Waals surface area contributed by atoms with Crippen molar-refractivity contribution in [3.63, 3.8) is 0 Å². The van der Waals surface area contributed by atoms with Crippen LogP contribution in [0.15, 0.2) is 83.3 Å². The van der Waals surface area contributed by atoms with Gasteiger partial charge in [0.05, 0.1) is 18.3 Å². The van der Waals surface area contributed by atoms with Crippen molar-refractivity contribution in [3.8, 4) is 28.9 Å². The number of fused-ring (bicyclic) bond motifs is 1. The Kier molecular flexibility index (Phi) is 4.53. The van der Waals surface area contributed by atoms with Crippen LogP contribution in [0.5, 0.6) is 5.75 Å². The molecule has 0 atom stereocenters. The number of para-hydroxylation sites is 3. The standard InChI is InChI=1S/C23H17N5O2/c1-29-19-14-8-7-13-18(19)25-20-16-11-5-6-12-17(16)24-21(26-20)23-28-27-22(30-23)15-9-3-2-4-10-15/h2-14H,1H3,(H,24,25,26). The lowest BCUT2D eigenvalue weighted by Crippen LogP contribution is -2.01. The molecule has 0 bridgehead atoms. The predicted octanol–water partition coefficient (Wildman–Crippen LogP) is 5.10. The van der Waals surface area contributed by atoms with Gasteiger partial charge < -0.3 is 14.5 Å². The maximum Gasteiger partial charge on any atom is 0.286 e. The molecule has 1 N–H and O–H groups in total. The highest BCUT2D eigenvalue weighted by Crippen LogP contribution is 2.31. The van der Waals surface area contributed by atoms with Crippen LogP contribution in [0.2, 0.25) is 0 Å². The molecule has 146 valence electrons. The average molecular weight is 395 g/mol. The number of anilines is 2. The molecular weight excluding hydrogens is 378 g/mol. The highest BCUT2D eigenvalue weighted by molar-refractivity contribution is 5.92. The first-order chi connectivity index (χ1) is 14.8. The van der Waals surface area contributed by atoms with Gasteiger partial charge in [-0.2, -0.15) is 0 Å². The number of aromatic nitrogens is 4. The van der Waals surface area contributed by atoms with E-state index < -0.39 is 0 Å². The van der Waals surface area contributed by atoms with Gasteiger partial charge in [0.25, 0.3) is 5.89 Å². The van der Waals surface area contributed by atoms with Crippen LogP contribution >= 0.6 is 0 Å². The van der Waals surface area contributed by atoms with E-state index in [0.717, 1.165) is 22.2 Å². The summed E-state index contributed by atoms with van der Waals surface area (Å²) in [5.74, 6) is 2.36. The molecule has 0 aliphatic heterocycles. The van der Waals surface area contributed by atoms with E-state index in [-0.39, 0.29) is 5.89 Å². The van der Waals surface area contributed by atoms with Crippen LogP contribution in [0.3, 0.4) is 0 Å². The Balaban J connectivity index is 1.60. The first-order valence-corrected chi connectivity index (χ1v) is 9.38. The Hall–Kier alpha value is -4.26. The van der Waals surface area contributed by atoms with E-state index in [1.54, 1.807) is 7.11 Å². The monoisotopic (exact) mass is 395 g/mol. The van der Waals surface area contributed by atoms with Gasteiger partial charge in [-0.15, -0.1) is 10.2 Å². The number of hydrogen-bond acceptors (Lipinski definition) is 7. The molecular formula is C23H17N5O2. The minimum Gasteiger partial charge on any atom is -0.495 e. The summed E-state index contributed by atoms with van der Waals surface area (Å²) in [5.41, 5.74) is 2.40. The second-order valence-electron chi connectivity index (χ2n) is 6.52. The van der Waals surface area contributed by atoms with Gasteiger partial charge >= 0.3 is 0 Å². The van der Waals surface area contributed by atoms with Crippen molar-refractivity contribution in [1.82, 2.24) is 20.2 Å². The van der Waals surface area contributed by atoms with Crippen LogP contribution < -0.4 is 10.1 Å². The van der Waals surface area contributed by atoms with Crippen molar-refractivity contribution in [2.45, 2.75) is 0 Å². The molecule has 0 saturated heterocycles. The SMILES string of the molecule is COc1ccccc1Nc1nc(-c2nnc(-c3ccccc3)o2)nc2ccccc12. The number of hydrogen-bond donors (Lipinski definition) is 1. The predicted molar refractivity (Wildman–Crippen MR) is 115 cm³/mol. The van der Waals surface area contributed by atoms with Gasteiger partial charge in [-0.05, 0) is 36.4 Å². The smallest absolute Gasteiger partial charge is 0.286 e. The van der Waals surface area contributed by atoms with Crippen molar-refractivity contribution in [3.05, 3.63) is 78.9 Å². The Bertz CT molecular complexity index is 1320. The van der Waals surface area contributed by atoms with E-state index >= 15 is 0 Å². The summed E-state index contributed by atoms with van der Waals surface area (Å²) in [5, 5.41) is 12.5. The molecule has 5 aromatic rings. The van der Waals surface area contributed by atoms with Gasteiger partial charge in [0.1, 0.15) is 11.6 Å². The van der Waals surface area contributed by atoms with Gasteiger partial charge in [-0.1, -0.05) is 42.5 Å². The molecule has 7 nitrogen and oxygen atoms in total. The summed E-state index contributed by atoms with van der Waals surface area (Å²) in [6, 6.07) is 25.0. The number of rotatable bonds is 5. The molecule has 5 rings (SSSR count). The minimum absolute atomic E-state index is 0.252. The van der Waals surface area contributed by atoms with Gasteiger partial charge in [0.2, 0.25) is 11.7 Å². The van der Waals surface area contributed by atoms with Gasteiger partial charge in [0.15, 0.2) is 0 Å². The second-order valence-corrected chi connectivity index (χ2v) is 6.52. The highest BCUT2D eigenvalue weighted by Gasteiger charge is 2.16. The summed E-state index contributed by atoms with van der Waals surface area (Å²) in [6.07, 6.45) is 0. The molecule has 0 fully saturated rings. The van der Waals surface area contributed by atoms with Crippen molar-refractivity contribution < 1.29 is 9.15 Å². The van der Waals surface area contributed by atoms with Gasteiger partial charge in [-0.25, -0.2) is 9.97 Å². The van der Waals surface area contributed by atoms with Crippen molar-refractivity contribution in [2.24, 2.45) is 0 Å². The molecule has 2 heterocycles. The molecule has 0 saturated carbocycles. The van der Waals surface area contributed by atoms with E-state index in [9.17, 15) is 0 Å². The van der Waals surface area contributed by atoms with Crippen molar-refractivity contribution in [1.29, 1.82) is 0 Å². The fourth-order valence-electron chi connectivity index (χ4n) is 3.15. The Morgan fingerprint density at radius 3 is 2.37 bits per heavy atom. The maximum atomic E-state index is 5.86. The number of benzene rings is 3. The first kappa shape index (κ1) is 17.8. The molecule has 30 heavy (non-hydrogen) atoms. The fourth-order valence-corrected chi connectivity index (χ4v) is 3.15. The molecule has 0 aliphatic rings. The molecule has 7 heteroatoms. The number of nitrogens with zero attached hydrogens (tertiary/aromatic N) is 4. The van der Waals surface area contributed by atoms with E-state index in [2.05, 4.69) is 25.5 Å². The van der Waals surface area contributed by atoms with E-state index in [1.807, 2.05) is 78.9 Å². The third-order valence-corrected chi connectivity index (χ3v) is 4.60. The zero-order valence-electron chi connectivity index (χ0n) is 16.1. The van der Waals surface area contributed by atoms with Gasteiger partial charge in [-0.3, -0.25) is 0 Å². The molecule has 0 unspecified atom stereocenters. The quantitative estimate of drug-likeness (QED) is 0.443. The van der Waals surface area contributed by atoms with Crippen LogP contribution in [0.1, 0.15) is 0 Å². The largest absolute Gasteiger partial charge is 0.495 e. The Morgan fingerprint density at radius 1 is 0.767 bits per heavy atom. The average Bonchev–Trinajstić information content (AvgIpc) is 3.30. The van der Waals surface area contributed by atoms with Crippen LogP contribution in [0.4, 0.5) is 11.5 Å². The van der Waals surface area contributed by atoms with Crippen molar-refractivity contribution >= 4 is 22.4 Å². The van der Waals surface area contributed by atoms with E-state index in [4.69, 9.17) is 9.15 Å². The number of methoxy groups -OCH3 is 1. The van der Waals surface area contributed by atoms with Crippen molar-refractivity contribution in [2.75, 3.05) is 12.4 Å². The summed E-state index contributed by atoms with van der Waals surface area (Å²) in [4.78, 5) is 9.29. The zero-order valence-corrected chi connectivity index (χ0v) is 16.1. The molecule has 0 radical (unpaired) electrons. The third-order valence-electron chi connectivity index (χ3n) is 4.60. The molecule has 0 aliphatic carbocycles. The van der Waals surface area contributed by atoms with E-state index in [1.165, 1.54) is 0 Å². The highest BCUT2D eigenvalue weighted by atomic mass is 16.5. The summed E-state index contributed by atoms with van der Waals surface area (Å²) in [6.45, 7) is 0. The Morgan fingerprint density at radius 2 is 1.50 bits per heavy atom. The second kappa shape index (κ2) is 7.63.